The lowest BCUT2D eigenvalue weighted by molar-refractivity contribution is -0.134. The topological polar surface area (TPSA) is 66.9 Å². The zero-order valence-electron chi connectivity index (χ0n) is 15.8. The Labute approximate surface area is 161 Å². The molecule has 1 saturated heterocycles. The van der Waals surface area contributed by atoms with Crippen LogP contribution in [0.15, 0.2) is 12.1 Å². The van der Waals surface area contributed by atoms with Crippen molar-refractivity contribution in [2.75, 3.05) is 38.5 Å². The Bertz CT molecular complexity index is 757. The first-order valence-corrected chi connectivity index (χ1v) is 10.8. The van der Waals surface area contributed by atoms with Gasteiger partial charge < -0.3 is 9.64 Å². The number of carbonyl (C=O) groups is 1. The highest BCUT2D eigenvalue weighted by atomic mass is 35.5. The van der Waals surface area contributed by atoms with E-state index in [2.05, 4.69) is 0 Å². The van der Waals surface area contributed by atoms with Crippen molar-refractivity contribution < 1.29 is 17.9 Å². The average molecular weight is 403 g/mol. The molecule has 0 radical (unpaired) electrons. The van der Waals surface area contributed by atoms with Gasteiger partial charge in [-0.15, -0.1) is 0 Å². The Morgan fingerprint density at radius 1 is 1.23 bits per heavy atom. The number of hydrogen-bond donors (Lipinski definition) is 0. The number of halogens is 1. The number of carbonyl (C=O) groups excluding carboxylic acids is 1. The van der Waals surface area contributed by atoms with Crippen LogP contribution in [-0.2, 0) is 14.8 Å². The molecule has 1 amide bonds. The summed E-state index contributed by atoms with van der Waals surface area (Å²) < 4.78 is 31.0. The van der Waals surface area contributed by atoms with Crippen LogP contribution in [0, 0.1) is 6.92 Å². The van der Waals surface area contributed by atoms with Crippen LogP contribution in [0.4, 0.5) is 0 Å². The first-order chi connectivity index (χ1) is 12.2. The van der Waals surface area contributed by atoms with E-state index in [1.165, 1.54) is 4.31 Å². The van der Waals surface area contributed by atoms with Crippen LogP contribution >= 0.6 is 11.6 Å². The van der Waals surface area contributed by atoms with Crippen LogP contribution in [0.25, 0.3) is 0 Å². The molecule has 1 heterocycles. The van der Waals surface area contributed by atoms with Gasteiger partial charge in [0.1, 0.15) is 5.75 Å². The zero-order valence-corrected chi connectivity index (χ0v) is 17.4. The molecule has 0 unspecified atom stereocenters. The monoisotopic (exact) mass is 402 g/mol. The SMILES string of the molecule is CCS(=O)(=O)N1CCN(C(=O)COc2cc(C)c(Cl)cc2C(C)C)CC1. The van der Waals surface area contributed by atoms with Crippen molar-refractivity contribution in [3.05, 3.63) is 28.3 Å². The maximum absolute atomic E-state index is 12.4. The van der Waals surface area contributed by atoms with Crippen LogP contribution in [0.2, 0.25) is 5.02 Å². The molecular formula is C18H27ClN2O4S. The van der Waals surface area contributed by atoms with E-state index in [0.717, 1.165) is 11.1 Å². The van der Waals surface area contributed by atoms with Crippen molar-refractivity contribution in [2.24, 2.45) is 0 Å². The lowest BCUT2D eigenvalue weighted by Gasteiger charge is -2.33. The number of nitrogens with zero attached hydrogens (tertiary/aromatic N) is 2. The van der Waals surface area contributed by atoms with Gasteiger partial charge in [-0.2, -0.15) is 4.31 Å². The first kappa shape index (κ1) is 21.0. The molecule has 8 heteroatoms. The minimum atomic E-state index is -3.20. The predicted octanol–water partition coefficient (Wildman–Crippen LogP) is 2.64. The van der Waals surface area contributed by atoms with Crippen molar-refractivity contribution in [3.63, 3.8) is 0 Å². The first-order valence-electron chi connectivity index (χ1n) is 8.84. The molecule has 1 aromatic carbocycles. The highest BCUT2D eigenvalue weighted by Gasteiger charge is 2.27. The zero-order chi connectivity index (χ0) is 19.5. The van der Waals surface area contributed by atoms with Gasteiger partial charge in [-0.1, -0.05) is 25.4 Å². The minimum Gasteiger partial charge on any atom is -0.483 e. The summed E-state index contributed by atoms with van der Waals surface area (Å²) in [6, 6.07) is 3.74. The highest BCUT2D eigenvalue weighted by molar-refractivity contribution is 7.89. The third-order valence-electron chi connectivity index (χ3n) is 4.61. The van der Waals surface area contributed by atoms with Gasteiger partial charge in [0.05, 0.1) is 5.75 Å². The van der Waals surface area contributed by atoms with Gasteiger partial charge in [-0.05, 0) is 43.0 Å². The molecule has 6 nitrogen and oxygen atoms in total. The highest BCUT2D eigenvalue weighted by Crippen LogP contribution is 2.32. The maximum atomic E-state index is 12.4. The molecule has 2 rings (SSSR count). The molecule has 0 aromatic heterocycles. The fourth-order valence-electron chi connectivity index (χ4n) is 2.88. The molecule has 146 valence electrons. The Kier molecular flexibility index (Phi) is 6.93. The number of aryl methyl sites for hydroxylation is 1. The molecule has 1 aliphatic rings. The van der Waals surface area contributed by atoms with E-state index < -0.39 is 10.0 Å². The van der Waals surface area contributed by atoms with Gasteiger partial charge in [0.25, 0.3) is 5.91 Å². The standard InChI is InChI=1S/C18H27ClN2O4S/c1-5-26(23,24)21-8-6-20(7-9-21)18(22)12-25-17-10-14(4)16(19)11-15(17)13(2)3/h10-11,13H,5-9,12H2,1-4H3. The van der Waals surface area contributed by atoms with E-state index >= 15 is 0 Å². The largest absolute Gasteiger partial charge is 0.483 e. The number of benzene rings is 1. The molecule has 0 saturated carbocycles. The number of hydrogen-bond acceptors (Lipinski definition) is 4. The van der Waals surface area contributed by atoms with Gasteiger partial charge in [-0.3, -0.25) is 4.79 Å². The van der Waals surface area contributed by atoms with Gasteiger partial charge in [0, 0.05) is 31.2 Å². The lowest BCUT2D eigenvalue weighted by atomic mass is 10.0. The summed E-state index contributed by atoms with van der Waals surface area (Å²) in [5.74, 6) is 0.835. The van der Waals surface area contributed by atoms with Crippen LogP contribution < -0.4 is 4.74 Å². The molecule has 0 N–H and O–H groups in total. The number of rotatable bonds is 6. The predicted molar refractivity (Wildman–Crippen MR) is 103 cm³/mol. The molecule has 1 fully saturated rings. The van der Waals surface area contributed by atoms with E-state index in [1.807, 2.05) is 32.9 Å². The Morgan fingerprint density at radius 2 is 1.85 bits per heavy atom. The molecule has 26 heavy (non-hydrogen) atoms. The van der Waals surface area contributed by atoms with E-state index in [0.29, 0.717) is 37.0 Å². The second-order valence-electron chi connectivity index (χ2n) is 6.76. The van der Waals surface area contributed by atoms with Crippen molar-refractivity contribution >= 4 is 27.5 Å². The molecule has 0 aliphatic carbocycles. The Balaban J connectivity index is 1.97. The summed E-state index contributed by atoms with van der Waals surface area (Å²) in [5, 5.41) is 0.681. The quantitative estimate of drug-likeness (QED) is 0.733. The van der Waals surface area contributed by atoms with Crippen molar-refractivity contribution in [1.29, 1.82) is 0 Å². The van der Waals surface area contributed by atoms with Crippen LogP contribution in [0.1, 0.15) is 37.8 Å². The second-order valence-corrected chi connectivity index (χ2v) is 9.43. The fraction of sp³-hybridized carbons (Fsp3) is 0.611. The number of amides is 1. The Morgan fingerprint density at radius 3 is 2.38 bits per heavy atom. The van der Waals surface area contributed by atoms with Crippen molar-refractivity contribution in [1.82, 2.24) is 9.21 Å². The maximum Gasteiger partial charge on any atom is 0.260 e. The smallest absolute Gasteiger partial charge is 0.260 e. The van der Waals surface area contributed by atoms with Gasteiger partial charge in [0.2, 0.25) is 10.0 Å². The molecule has 0 spiro atoms. The van der Waals surface area contributed by atoms with Gasteiger partial charge in [0.15, 0.2) is 6.61 Å². The van der Waals surface area contributed by atoms with Gasteiger partial charge >= 0.3 is 0 Å². The van der Waals surface area contributed by atoms with Crippen LogP contribution in [-0.4, -0.2) is 62.1 Å². The van der Waals surface area contributed by atoms with E-state index in [4.69, 9.17) is 16.3 Å². The number of piperazine rings is 1. The summed E-state index contributed by atoms with van der Waals surface area (Å²) in [5.41, 5.74) is 1.86. The van der Waals surface area contributed by atoms with Crippen molar-refractivity contribution in [2.45, 2.75) is 33.6 Å². The molecule has 1 aromatic rings. The van der Waals surface area contributed by atoms with E-state index in [1.54, 1.807) is 11.8 Å². The summed E-state index contributed by atoms with van der Waals surface area (Å²) >= 11 is 6.19. The van der Waals surface area contributed by atoms with Crippen molar-refractivity contribution in [3.8, 4) is 5.75 Å². The average Bonchev–Trinajstić information content (AvgIpc) is 2.61. The number of ether oxygens (including phenoxy) is 1. The van der Waals surface area contributed by atoms with E-state index in [9.17, 15) is 13.2 Å². The minimum absolute atomic E-state index is 0.0681. The third-order valence-corrected chi connectivity index (χ3v) is 6.90. The fourth-order valence-corrected chi connectivity index (χ4v) is 4.13. The molecule has 1 aliphatic heterocycles. The normalized spacial score (nSPS) is 16.2. The van der Waals surface area contributed by atoms with Crippen LogP contribution in [0.5, 0.6) is 5.75 Å². The Hall–Kier alpha value is -1.31. The summed E-state index contributed by atoms with van der Waals surface area (Å²) in [7, 11) is -3.20. The summed E-state index contributed by atoms with van der Waals surface area (Å²) in [6.45, 7) is 8.98. The molecular weight excluding hydrogens is 376 g/mol. The lowest BCUT2D eigenvalue weighted by Crippen LogP contribution is -2.51. The second kappa shape index (κ2) is 8.59. The van der Waals surface area contributed by atoms with Crippen LogP contribution in [0.3, 0.4) is 0 Å². The third kappa shape index (κ3) is 4.90. The molecule has 0 atom stereocenters. The number of sulfonamides is 1. The summed E-state index contributed by atoms with van der Waals surface area (Å²) in [6.07, 6.45) is 0. The summed E-state index contributed by atoms with van der Waals surface area (Å²) in [4.78, 5) is 14.1. The molecule has 0 bridgehead atoms. The van der Waals surface area contributed by atoms with E-state index in [-0.39, 0.29) is 24.2 Å². The van der Waals surface area contributed by atoms with Gasteiger partial charge in [-0.25, -0.2) is 8.42 Å².